The molecule has 12 heteroatoms. The Morgan fingerprint density at radius 2 is 1.44 bits per heavy atom. The number of anilines is 3. The Morgan fingerprint density at radius 3 is 2.10 bits per heavy atom. The number of carbonyl (C=O) groups excluding carboxylic acids is 1. The highest BCUT2D eigenvalue weighted by Gasteiger charge is 2.63. The van der Waals surface area contributed by atoms with Gasteiger partial charge in [0.05, 0.1) is 12.6 Å². The van der Waals surface area contributed by atoms with E-state index in [1.54, 1.807) is 0 Å². The molecule has 9 atom stereocenters. The Hall–Kier alpha value is -1.78. The number of Topliss-reactive ketones (excluding diaryl/α,β-unsaturated/α-hetero) is 1. The van der Waals surface area contributed by atoms with Gasteiger partial charge in [0.2, 0.25) is 5.95 Å². The lowest BCUT2D eigenvalue weighted by Gasteiger charge is -2.61. The van der Waals surface area contributed by atoms with Crippen molar-refractivity contribution in [1.82, 2.24) is 14.9 Å². The van der Waals surface area contributed by atoms with Gasteiger partial charge in [0.1, 0.15) is 11.6 Å². The molecular formula is C38H61N6O5P. The summed E-state index contributed by atoms with van der Waals surface area (Å²) in [6, 6.07) is 2.21. The Morgan fingerprint density at radius 1 is 0.820 bits per heavy atom. The zero-order valence-electron chi connectivity index (χ0n) is 30.7. The summed E-state index contributed by atoms with van der Waals surface area (Å²) < 4.78 is 16.8. The Balaban J connectivity index is 0.904. The zero-order chi connectivity index (χ0) is 34.8. The normalized spacial score (nSPS) is 39.4. The first kappa shape index (κ1) is 35.3. The summed E-state index contributed by atoms with van der Waals surface area (Å²) in [6.07, 6.45) is 12.7. The van der Waals surface area contributed by atoms with Crippen LogP contribution in [-0.4, -0.2) is 95.4 Å². The van der Waals surface area contributed by atoms with Crippen LogP contribution in [0.2, 0.25) is 0 Å². The minimum atomic E-state index is -4.47. The molecule has 0 aromatic carbocycles. The predicted octanol–water partition coefficient (Wildman–Crippen LogP) is 5.75. The number of piperazine rings is 1. The number of phosphoric ester groups is 1. The van der Waals surface area contributed by atoms with Crippen molar-refractivity contribution >= 4 is 31.2 Å². The molecule has 0 spiro atoms. The number of ketones is 1. The molecule has 50 heavy (non-hydrogen) atoms. The quantitative estimate of drug-likeness (QED) is 0.321. The second-order valence-corrected chi connectivity index (χ2v) is 19.1. The predicted molar refractivity (Wildman–Crippen MR) is 195 cm³/mol. The Bertz CT molecular complexity index is 1420. The van der Waals surface area contributed by atoms with Crippen LogP contribution in [-0.2, 0) is 13.9 Å². The van der Waals surface area contributed by atoms with Crippen molar-refractivity contribution in [3.63, 3.8) is 0 Å². The van der Waals surface area contributed by atoms with Gasteiger partial charge in [0.15, 0.2) is 5.78 Å². The van der Waals surface area contributed by atoms with Crippen LogP contribution < -0.4 is 14.7 Å². The van der Waals surface area contributed by atoms with Crippen molar-refractivity contribution in [2.24, 2.45) is 46.3 Å². The molecule has 3 aliphatic heterocycles. The van der Waals surface area contributed by atoms with Crippen molar-refractivity contribution in [2.45, 2.75) is 104 Å². The third-order valence-electron chi connectivity index (χ3n) is 15.2. The molecule has 0 bridgehead atoms. The number of hydrogen-bond donors (Lipinski definition) is 2. The molecule has 11 nitrogen and oxygen atoms in total. The maximum absolute atomic E-state index is 14.4. The summed E-state index contributed by atoms with van der Waals surface area (Å²) in [6.45, 7) is 15.6. The van der Waals surface area contributed by atoms with Gasteiger partial charge in [0, 0.05) is 64.3 Å². The van der Waals surface area contributed by atoms with E-state index in [4.69, 9.17) is 14.5 Å². The third-order valence-corrected chi connectivity index (χ3v) is 15.7. The van der Waals surface area contributed by atoms with Gasteiger partial charge in [-0.25, -0.2) is 4.57 Å². The van der Waals surface area contributed by atoms with Gasteiger partial charge >= 0.3 is 7.82 Å². The zero-order valence-corrected chi connectivity index (χ0v) is 31.6. The van der Waals surface area contributed by atoms with E-state index in [1.165, 1.54) is 38.5 Å². The fourth-order valence-corrected chi connectivity index (χ4v) is 13.3. The Kier molecular flexibility index (Phi) is 9.57. The summed E-state index contributed by atoms with van der Waals surface area (Å²) >= 11 is 0. The minimum Gasteiger partial charge on any atom is -0.356 e. The molecule has 7 fully saturated rings. The molecule has 1 aromatic rings. The third kappa shape index (κ3) is 6.54. The lowest BCUT2D eigenvalue weighted by molar-refractivity contribution is -0.141. The van der Waals surface area contributed by atoms with Gasteiger partial charge in [-0.3, -0.25) is 14.2 Å². The van der Waals surface area contributed by atoms with Crippen LogP contribution in [0, 0.1) is 46.3 Å². The van der Waals surface area contributed by atoms with Crippen molar-refractivity contribution < 1.29 is 23.7 Å². The molecule has 3 saturated heterocycles. The standard InChI is InChI=1S/C38H61N6O5P/c1-26-22-31-29-9-8-27-23-28(49-50(46,47)48)10-12-37(27,2)30(29)11-13-38(31,3)35(26)32(45)25-41-18-20-43(21-19-41)34-24-33(42-14-4-5-15-42)39-36(40-34)44-16-6-7-17-44/h24,26-31,35H,4-23,25H2,1-3H3,(H2,46,47,48)/t26?,27?,28?,29-,30+,31+,35-,37+,38+/m1/s1. The minimum absolute atomic E-state index is 0.0579. The largest absolute Gasteiger partial charge is 0.469 e. The summed E-state index contributed by atoms with van der Waals surface area (Å²) in [5.41, 5.74) is 0.250. The van der Waals surface area contributed by atoms with E-state index in [1.807, 2.05) is 0 Å². The maximum atomic E-state index is 14.4. The van der Waals surface area contributed by atoms with Gasteiger partial charge in [-0.15, -0.1) is 0 Å². The number of aromatic nitrogens is 2. The van der Waals surface area contributed by atoms with E-state index in [0.717, 1.165) is 108 Å². The summed E-state index contributed by atoms with van der Waals surface area (Å²) in [7, 11) is -4.47. The number of nitrogens with zero attached hydrogens (tertiary/aromatic N) is 6. The smallest absolute Gasteiger partial charge is 0.356 e. The maximum Gasteiger partial charge on any atom is 0.469 e. The molecule has 3 unspecified atom stereocenters. The monoisotopic (exact) mass is 712 g/mol. The molecule has 4 saturated carbocycles. The second-order valence-electron chi connectivity index (χ2n) is 17.9. The van der Waals surface area contributed by atoms with Crippen LogP contribution in [0.4, 0.5) is 17.6 Å². The molecule has 1 aromatic heterocycles. The number of carbonyl (C=O) groups is 1. The van der Waals surface area contributed by atoms with Crippen molar-refractivity contribution in [3.05, 3.63) is 6.07 Å². The summed E-state index contributed by atoms with van der Waals surface area (Å²) in [4.78, 5) is 53.0. The number of phosphoric acid groups is 1. The second kappa shape index (κ2) is 13.6. The van der Waals surface area contributed by atoms with Crippen LogP contribution in [0.1, 0.15) is 97.8 Å². The molecule has 7 aliphatic rings. The number of rotatable bonds is 8. The molecule has 0 radical (unpaired) electrons. The molecule has 0 amide bonds. The highest BCUT2D eigenvalue weighted by atomic mass is 31.2. The summed E-state index contributed by atoms with van der Waals surface area (Å²) in [5.74, 6) is 6.29. The number of fused-ring (bicyclic) bond motifs is 5. The SMILES string of the molecule is CC1C[C@H]2[C@@H]3CCC4CC(OP(=O)(O)O)CC[C@]4(C)[C@H]3CC[C@]2(C)[C@H]1C(=O)CN1CCN(c2cc(N3CCCC3)nc(N3CCCC3)n2)CC1. The first-order chi connectivity index (χ1) is 23.9. The van der Waals surface area contributed by atoms with Crippen LogP contribution in [0.25, 0.3) is 0 Å². The van der Waals surface area contributed by atoms with Gasteiger partial charge < -0.3 is 24.5 Å². The van der Waals surface area contributed by atoms with Crippen LogP contribution in [0.3, 0.4) is 0 Å². The average Bonchev–Trinajstić information content (AvgIpc) is 3.86. The highest BCUT2D eigenvalue weighted by Crippen LogP contribution is 2.68. The Labute approximate surface area is 299 Å². The van der Waals surface area contributed by atoms with E-state index >= 15 is 0 Å². The van der Waals surface area contributed by atoms with E-state index in [9.17, 15) is 19.1 Å². The molecule has 8 rings (SSSR count). The first-order valence-electron chi connectivity index (χ1n) is 20.0. The molecule has 278 valence electrons. The van der Waals surface area contributed by atoms with Crippen LogP contribution in [0.5, 0.6) is 0 Å². The van der Waals surface area contributed by atoms with Crippen molar-refractivity contribution in [2.75, 3.05) is 73.6 Å². The molecular weight excluding hydrogens is 651 g/mol. The van der Waals surface area contributed by atoms with Crippen LogP contribution in [0.15, 0.2) is 6.07 Å². The lowest BCUT2D eigenvalue weighted by Crippen LogP contribution is -2.55. The average molecular weight is 713 g/mol. The van der Waals surface area contributed by atoms with Crippen LogP contribution >= 0.6 is 7.82 Å². The topological polar surface area (TPSA) is 123 Å². The fraction of sp³-hybridized carbons (Fsp3) is 0.868. The highest BCUT2D eigenvalue weighted by molar-refractivity contribution is 7.46. The van der Waals surface area contributed by atoms with E-state index in [-0.39, 0.29) is 22.9 Å². The van der Waals surface area contributed by atoms with E-state index in [2.05, 4.69) is 46.4 Å². The van der Waals surface area contributed by atoms with Gasteiger partial charge in [-0.1, -0.05) is 20.8 Å². The molecule has 4 heterocycles. The summed E-state index contributed by atoms with van der Waals surface area (Å²) in [5, 5.41) is 0. The van der Waals surface area contributed by atoms with Gasteiger partial charge in [-0.05, 0) is 117 Å². The van der Waals surface area contributed by atoms with E-state index < -0.39 is 7.82 Å². The van der Waals surface area contributed by atoms with E-state index in [0.29, 0.717) is 41.9 Å². The first-order valence-corrected chi connectivity index (χ1v) is 21.6. The van der Waals surface area contributed by atoms with Crippen molar-refractivity contribution in [3.8, 4) is 0 Å². The fourth-order valence-electron chi connectivity index (χ4n) is 12.8. The van der Waals surface area contributed by atoms with Gasteiger partial charge in [0.25, 0.3) is 0 Å². The number of hydrogen-bond acceptors (Lipinski definition) is 9. The van der Waals surface area contributed by atoms with Gasteiger partial charge in [-0.2, -0.15) is 9.97 Å². The molecule has 2 N–H and O–H groups in total. The molecule has 4 aliphatic carbocycles. The lowest BCUT2D eigenvalue weighted by atomic mass is 9.44. The van der Waals surface area contributed by atoms with Crippen molar-refractivity contribution in [1.29, 1.82) is 0 Å².